The highest BCUT2D eigenvalue weighted by Crippen LogP contribution is 2.27. The first-order valence-corrected chi connectivity index (χ1v) is 10.2. The summed E-state index contributed by atoms with van der Waals surface area (Å²) in [5.74, 6) is -0.927. The van der Waals surface area contributed by atoms with Gasteiger partial charge in [-0.1, -0.05) is 17.7 Å². The van der Waals surface area contributed by atoms with Crippen LogP contribution in [0.4, 0.5) is 5.69 Å². The summed E-state index contributed by atoms with van der Waals surface area (Å²) >= 11 is 7.16. The fourth-order valence-electron chi connectivity index (χ4n) is 2.84. The largest absolute Gasteiger partial charge is 0.459 e. The number of nitrogens with one attached hydrogen (secondary N) is 1. The number of aromatic nitrogens is 2. The molecule has 0 bridgehead atoms. The second-order valence-corrected chi connectivity index (χ2v) is 7.91. The fourth-order valence-corrected chi connectivity index (χ4v) is 4.04. The summed E-state index contributed by atoms with van der Waals surface area (Å²) < 4.78 is 11.2. The number of hydrogen-bond acceptors (Lipinski definition) is 7. The average Bonchev–Trinajstić information content (AvgIpc) is 3.05. The van der Waals surface area contributed by atoms with Gasteiger partial charge in [0.25, 0.3) is 5.56 Å². The van der Waals surface area contributed by atoms with E-state index in [1.165, 1.54) is 18.0 Å². The number of rotatable bonds is 7. The Hall–Kier alpha value is -2.75. The van der Waals surface area contributed by atoms with Crippen molar-refractivity contribution in [3.05, 3.63) is 55.9 Å². The number of fused-ring (bicyclic) bond motifs is 1. The molecule has 8 nitrogen and oxygen atoms in total. The van der Waals surface area contributed by atoms with Crippen LogP contribution in [0.15, 0.2) is 29.3 Å². The molecule has 30 heavy (non-hydrogen) atoms. The molecule has 10 heteroatoms. The van der Waals surface area contributed by atoms with Crippen LogP contribution in [-0.4, -0.2) is 41.8 Å². The molecule has 0 aliphatic rings. The van der Waals surface area contributed by atoms with Gasteiger partial charge in [0.2, 0.25) is 5.91 Å². The standard InChI is InChI=1S/C20H20ClN3O5S/c1-11-13(21)5-4-6-14(11)23-15(25)9-24-10-22-18-16(19(24)26)12(2)17(30-18)20(27)29-8-7-28-3/h4-6,10H,7-9H2,1-3H3,(H,23,25). The Morgan fingerprint density at radius 2 is 2.00 bits per heavy atom. The van der Waals surface area contributed by atoms with Crippen molar-refractivity contribution in [2.75, 3.05) is 25.6 Å². The van der Waals surface area contributed by atoms with E-state index in [1.54, 1.807) is 32.0 Å². The van der Waals surface area contributed by atoms with Crippen molar-refractivity contribution in [1.29, 1.82) is 0 Å². The van der Waals surface area contributed by atoms with Gasteiger partial charge in [0.05, 0.1) is 18.3 Å². The monoisotopic (exact) mass is 449 g/mol. The van der Waals surface area contributed by atoms with E-state index in [0.29, 0.717) is 31.4 Å². The van der Waals surface area contributed by atoms with Gasteiger partial charge in [0.1, 0.15) is 22.9 Å². The number of thiophene rings is 1. The van der Waals surface area contributed by atoms with E-state index in [9.17, 15) is 14.4 Å². The Morgan fingerprint density at radius 3 is 2.73 bits per heavy atom. The molecule has 0 saturated carbocycles. The zero-order valence-corrected chi connectivity index (χ0v) is 18.2. The highest BCUT2D eigenvalue weighted by atomic mass is 35.5. The van der Waals surface area contributed by atoms with Crippen molar-refractivity contribution in [3.8, 4) is 0 Å². The third-order valence-electron chi connectivity index (χ3n) is 4.48. The lowest BCUT2D eigenvalue weighted by Crippen LogP contribution is -2.28. The smallest absolute Gasteiger partial charge is 0.348 e. The van der Waals surface area contributed by atoms with Crippen LogP contribution < -0.4 is 10.9 Å². The molecular weight excluding hydrogens is 430 g/mol. The van der Waals surface area contributed by atoms with Crippen LogP contribution in [0, 0.1) is 13.8 Å². The number of esters is 1. The molecule has 1 N–H and O–H groups in total. The van der Waals surface area contributed by atoms with Gasteiger partial charge < -0.3 is 14.8 Å². The van der Waals surface area contributed by atoms with Gasteiger partial charge in [0.15, 0.2) is 0 Å². The molecule has 0 radical (unpaired) electrons. The minimum absolute atomic E-state index is 0.115. The van der Waals surface area contributed by atoms with Crippen LogP contribution in [0.2, 0.25) is 5.02 Å². The highest BCUT2D eigenvalue weighted by molar-refractivity contribution is 7.20. The van der Waals surface area contributed by atoms with Crippen molar-refractivity contribution < 1.29 is 19.1 Å². The van der Waals surface area contributed by atoms with Gasteiger partial charge in [-0.15, -0.1) is 11.3 Å². The third kappa shape index (κ3) is 4.53. The number of anilines is 1. The zero-order chi connectivity index (χ0) is 21.8. The number of hydrogen-bond donors (Lipinski definition) is 1. The molecule has 0 aliphatic heterocycles. The summed E-state index contributed by atoms with van der Waals surface area (Å²) in [5.41, 5.74) is 1.39. The first-order valence-electron chi connectivity index (χ1n) is 9.03. The summed E-state index contributed by atoms with van der Waals surface area (Å²) in [6, 6.07) is 5.19. The second kappa shape index (κ2) is 9.38. The summed E-state index contributed by atoms with van der Waals surface area (Å²) in [4.78, 5) is 42.6. The predicted octanol–water partition coefficient (Wildman–Crippen LogP) is 3.17. The lowest BCUT2D eigenvalue weighted by Gasteiger charge is -2.10. The summed E-state index contributed by atoms with van der Waals surface area (Å²) in [7, 11) is 1.51. The molecular formula is C20H20ClN3O5S. The lowest BCUT2D eigenvalue weighted by molar-refractivity contribution is -0.116. The van der Waals surface area contributed by atoms with Gasteiger partial charge in [-0.05, 0) is 37.1 Å². The van der Waals surface area contributed by atoms with Gasteiger partial charge in [0, 0.05) is 17.8 Å². The van der Waals surface area contributed by atoms with Gasteiger partial charge >= 0.3 is 5.97 Å². The minimum Gasteiger partial charge on any atom is -0.459 e. The van der Waals surface area contributed by atoms with Crippen molar-refractivity contribution >= 4 is 50.7 Å². The Bertz CT molecular complexity index is 1170. The Balaban J connectivity index is 1.83. The first kappa shape index (κ1) is 21.9. The molecule has 0 atom stereocenters. The highest BCUT2D eigenvalue weighted by Gasteiger charge is 2.21. The van der Waals surface area contributed by atoms with E-state index in [-0.39, 0.29) is 19.8 Å². The van der Waals surface area contributed by atoms with Crippen molar-refractivity contribution in [2.45, 2.75) is 20.4 Å². The average molecular weight is 450 g/mol. The normalized spacial score (nSPS) is 10.9. The second-order valence-electron chi connectivity index (χ2n) is 6.50. The summed E-state index contributed by atoms with van der Waals surface area (Å²) in [5, 5.41) is 3.58. The molecule has 0 spiro atoms. The van der Waals surface area contributed by atoms with E-state index in [2.05, 4.69) is 10.3 Å². The molecule has 0 saturated heterocycles. The number of methoxy groups -OCH3 is 1. The molecule has 158 valence electrons. The number of aryl methyl sites for hydroxylation is 1. The third-order valence-corrected chi connectivity index (χ3v) is 6.07. The van der Waals surface area contributed by atoms with Crippen LogP contribution in [0.5, 0.6) is 0 Å². The fraction of sp³-hybridized carbons (Fsp3) is 0.300. The number of ether oxygens (including phenoxy) is 2. The number of amides is 1. The summed E-state index contributed by atoms with van der Waals surface area (Å²) in [6.45, 7) is 3.62. The van der Waals surface area contributed by atoms with Crippen molar-refractivity contribution in [3.63, 3.8) is 0 Å². The maximum Gasteiger partial charge on any atom is 0.348 e. The maximum atomic E-state index is 12.9. The number of carbonyl (C=O) groups is 2. The Labute approximate surface area is 181 Å². The van der Waals surface area contributed by atoms with Gasteiger partial charge in [-0.25, -0.2) is 9.78 Å². The van der Waals surface area contributed by atoms with Crippen LogP contribution >= 0.6 is 22.9 Å². The minimum atomic E-state index is -0.535. The number of halogens is 1. The lowest BCUT2D eigenvalue weighted by atomic mass is 10.2. The molecule has 2 aromatic heterocycles. The molecule has 2 heterocycles. The molecule has 3 aromatic rings. The molecule has 3 rings (SSSR count). The Morgan fingerprint density at radius 1 is 1.23 bits per heavy atom. The van der Waals surface area contributed by atoms with Crippen molar-refractivity contribution in [2.24, 2.45) is 0 Å². The van der Waals surface area contributed by atoms with E-state index >= 15 is 0 Å². The van der Waals surface area contributed by atoms with E-state index < -0.39 is 17.4 Å². The maximum absolute atomic E-state index is 12.9. The topological polar surface area (TPSA) is 99.5 Å². The van der Waals surface area contributed by atoms with Crippen molar-refractivity contribution in [1.82, 2.24) is 9.55 Å². The quantitative estimate of drug-likeness (QED) is 0.439. The number of carbonyl (C=O) groups excluding carboxylic acids is 2. The van der Waals surface area contributed by atoms with E-state index in [0.717, 1.165) is 16.9 Å². The number of nitrogens with zero attached hydrogens (tertiary/aromatic N) is 2. The molecule has 1 aromatic carbocycles. The zero-order valence-electron chi connectivity index (χ0n) is 16.7. The molecule has 0 unspecified atom stereocenters. The Kier molecular flexibility index (Phi) is 6.86. The van der Waals surface area contributed by atoms with Crippen LogP contribution in [0.25, 0.3) is 10.2 Å². The molecule has 0 aliphatic carbocycles. The van der Waals surface area contributed by atoms with E-state index in [1.807, 2.05) is 0 Å². The van der Waals surface area contributed by atoms with Gasteiger partial charge in [-0.3, -0.25) is 14.2 Å². The van der Waals surface area contributed by atoms with Crippen LogP contribution in [0.1, 0.15) is 20.8 Å². The molecule has 1 amide bonds. The summed E-state index contributed by atoms with van der Waals surface area (Å²) in [6.07, 6.45) is 1.30. The van der Waals surface area contributed by atoms with Crippen LogP contribution in [0.3, 0.4) is 0 Å². The van der Waals surface area contributed by atoms with Crippen LogP contribution in [-0.2, 0) is 20.8 Å². The first-order chi connectivity index (χ1) is 14.3. The SMILES string of the molecule is COCCOC(=O)c1sc2ncn(CC(=O)Nc3cccc(Cl)c3C)c(=O)c2c1C. The molecule has 0 fully saturated rings. The number of benzene rings is 1. The van der Waals surface area contributed by atoms with Gasteiger partial charge in [-0.2, -0.15) is 0 Å². The van der Waals surface area contributed by atoms with E-state index in [4.69, 9.17) is 21.1 Å². The predicted molar refractivity (Wildman–Crippen MR) is 116 cm³/mol.